The Hall–Kier alpha value is -2.60. The van der Waals surface area contributed by atoms with Crippen molar-refractivity contribution in [3.05, 3.63) is 104 Å². The average molecular weight is 503 g/mol. The molecule has 198 valence electrons. The molecule has 0 bridgehead atoms. The van der Waals surface area contributed by atoms with Gasteiger partial charge in [0.1, 0.15) is 0 Å². The van der Waals surface area contributed by atoms with Gasteiger partial charge in [0.15, 0.2) is 0 Å². The number of rotatable bonds is 3. The lowest BCUT2D eigenvalue weighted by Crippen LogP contribution is -2.15. The highest BCUT2D eigenvalue weighted by molar-refractivity contribution is 5.86. The van der Waals surface area contributed by atoms with E-state index in [4.69, 9.17) is 0 Å². The van der Waals surface area contributed by atoms with Gasteiger partial charge in [0.2, 0.25) is 0 Å². The molecule has 0 heteroatoms. The molecule has 4 aliphatic carbocycles. The third-order valence-electron chi connectivity index (χ3n) is 9.98. The summed E-state index contributed by atoms with van der Waals surface area (Å²) in [5.74, 6) is 1.24. The number of allylic oxidation sites excluding steroid dienone is 8. The first kappa shape index (κ1) is 25.7. The molecule has 6 rings (SSSR count). The minimum absolute atomic E-state index is 0.188. The Morgan fingerprint density at radius 3 is 1.34 bits per heavy atom. The first-order chi connectivity index (χ1) is 17.9. The van der Waals surface area contributed by atoms with Crippen LogP contribution in [-0.4, -0.2) is 0 Å². The van der Waals surface area contributed by atoms with Crippen molar-refractivity contribution in [3.63, 3.8) is 0 Å². The number of fused-ring (bicyclic) bond motifs is 4. The summed E-state index contributed by atoms with van der Waals surface area (Å²) in [4.78, 5) is 0. The van der Waals surface area contributed by atoms with Crippen LogP contribution in [0.5, 0.6) is 0 Å². The maximum Gasteiger partial charge on any atom is 0.00172 e. The van der Waals surface area contributed by atoms with Crippen LogP contribution < -0.4 is 0 Å². The van der Waals surface area contributed by atoms with Crippen LogP contribution in [0.15, 0.2) is 70.8 Å². The van der Waals surface area contributed by atoms with Gasteiger partial charge in [-0.2, -0.15) is 0 Å². The van der Waals surface area contributed by atoms with Gasteiger partial charge in [-0.1, -0.05) is 112 Å². The van der Waals surface area contributed by atoms with E-state index in [9.17, 15) is 0 Å². The van der Waals surface area contributed by atoms with Gasteiger partial charge in [-0.25, -0.2) is 0 Å². The molecule has 0 saturated carbocycles. The summed E-state index contributed by atoms with van der Waals surface area (Å²) in [6.07, 6.45) is 12.5. The second-order valence-electron chi connectivity index (χ2n) is 14.6. The first-order valence-corrected chi connectivity index (χ1v) is 15.0. The van der Waals surface area contributed by atoms with Crippen LogP contribution in [0, 0.1) is 11.8 Å². The molecule has 0 aliphatic heterocycles. The van der Waals surface area contributed by atoms with E-state index >= 15 is 0 Å². The molecule has 0 saturated heterocycles. The molecule has 0 spiro atoms. The Labute approximate surface area is 231 Å². The van der Waals surface area contributed by atoms with Crippen molar-refractivity contribution in [1.82, 2.24) is 0 Å². The van der Waals surface area contributed by atoms with Crippen LogP contribution >= 0.6 is 0 Å². The van der Waals surface area contributed by atoms with Crippen LogP contribution in [0.4, 0.5) is 0 Å². The second-order valence-corrected chi connectivity index (χ2v) is 14.6. The van der Waals surface area contributed by atoms with Gasteiger partial charge >= 0.3 is 0 Å². The SMILES string of the molecule is CC1=CC2=C(CCc3ccc(C(C)(C)C)cc32)C1CCC1C(C)=CC2=C1CCc1ccc(C(C)(C)C)cc12. The van der Waals surface area contributed by atoms with Gasteiger partial charge in [-0.15, -0.1) is 0 Å². The maximum absolute atomic E-state index is 2.54. The highest BCUT2D eigenvalue weighted by Crippen LogP contribution is 2.50. The molecule has 2 aromatic carbocycles. The number of aryl methyl sites for hydroxylation is 2. The lowest BCUT2D eigenvalue weighted by molar-refractivity contribution is 0.521. The number of hydrogen-bond acceptors (Lipinski definition) is 0. The summed E-state index contributed by atoms with van der Waals surface area (Å²) in [6.45, 7) is 18.8. The minimum atomic E-state index is 0.188. The van der Waals surface area contributed by atoms with Crippen LogP contribution in [-0.2, 0) is 23.7 Å². The zero-order chi connectivity index (χ0) is 27.0. The van der Waals surface area contributed by atoms with Crippen molar-refractivity contribution in [2.45, 2.75) is 105 Å². The van der Waals surface area contributed by atoms with E-state index in [0.717, 1.165) is 0 Å². The fraction of sp³-hybridized carbons (Fsp3) is 0.474. The first-order valence-electron chi connectivity index (χ1n) is 15.0. The third kappa shape index (κ3) is 4.29. The molecule has 0 heterocycles. The maximum atomic E-state index is 2.54. The fourth-order valence-corrected chi connectivity index (χ4v) is 7.59. The molecule has 0 fully saturated rings. The molecular weight excluding hydrogens is 456 g/mol. The predicted molar refractivity (Wildman–Crippen MR) is 164 cm³/mol. The average Bonchev–Trinajstić information content (AvgIpc) is 3.36. The zero-order valence-electron chi connectivity index (χ0n) is 25.0. The molecule has 0 radical (unpaired) electrons. The Balaban J connectivity index is 1.27. The molecule has 0 amide bonds. The lowest BCUT2D eigenvalue weighted by atomic mass is 9.76. The van der Waals surface area contributed by atoms with Gasteiger partial charge in [-0.05, 0) is 108 Å². The van der Waals surface area contributed by atoms with Crippen LogP contribution in [0.3, 0.4) is 0 Å². The summed E-state index contributed by atoms with van der Waals surface area (Å²) < 4.78 is 0. The normalized spacial score (nSPS) is 22.6. The Morgan fingerprint density at radius 1 is 0.579 bits per heavy atom. The topological polar surface area (TPSA) is 0 Å². The molecule has 2 aromatic rings. The summed E-state index contributed by atoms with van der Waals surface area (Å²) in [6, 6.07) is 14.5. The largest absolute Gasteiger partial charge is 0.0655 e. The highest BCUT2D eigenvalue weighted by Gasteiger charge is 2.34. The van der Waals surface area contributed by atoms with Crippen molar-refractivity contribution in [3.8, 4) is 0 Å². The number of hydrogen-bond donors (Lipinski definition) is 0. The van der Waals surface area contributed by atoms with Gasteiger partial charge in [0, 0.05) is 11.8 Å². The molecule has 0 N–H and O–H groups in total. The fourth-order valence-electron chi connectivity index (χ4n) is 7.59. The third-order valence-corrected chi connectivity index (χ3v) is 9.98. The van der Waals surface area contributed by atoms with Crippen LogP contribution in [0.25, 0.3) is 11.1 Å². The van der Waals surface area contributed by atoms with E-state index in [-0.39, 0.29) is 10.8 Å². The Kier molecular flexibility index (Phi) is 6.06. The number of benzene rings is 2. The van der Waals surface area contributed by atoms with Gasteiger partial charge < -0.3 is 0 Å². The Morgan fingerprint density at radius 2 is 0.974 bits per heavy atom. The summed E-state index contributed by atoms with van der Waals surface area (Å²) in [5, 5.41) is 0. The standard InChI is InChI=1S/C38H46/c1-23-19-35-31(15-11-25-9-13-27(21-33(25)35)37(3,4)5)29(23)17-18-30-24(2)20-36-32(30)16-12-26-10-14-28(22-34(26)36)38(6,7)8/h9-10,13-14,19-22,29-30H,11-12,15-18H2,1-8H3. The van der Waals surface area contributed by atoms with E-state index in [2.05, 4.69) is 104 Å². The van der Waals surface area contributed by atoms with Crippen molar-refractivity contribution >= 4 is 11.1 Å². The van der Waals surface area contributed by atoms with Crippen LogP contribution in [0.1, 0.15) is 114 Å². The van der Waals surface area contributed by atoms with Crippen LogP contribution in [0.2, 0.25) is 0 Å². The summed E-state index contributed by atoms with van der Waals surface area (Å²) in [7, 11) is 0. The predicted octanol–water partition coefficient (Wildman–Crippen LogP) is 10.3. The quantitative estimate of drug-likeness (QED) is 0.391. The van der Waals surface area contributed by atoms with E-state index in [1.165, 1.54) is 60.8 Å². The van der Waals surface area contributed by atoms with Gasteiger partial charge in [0.25, 0.3) is 0 Å². The minimum Gasteiger partial charge on any atom is -0.0655 e. The highest BCUT2D eigenvalue weighted by atomic mass is 14.4. The Bertz CT molecular complexity index is 1320. The molecular formula is C38H46. The zero-order valence-corrected chi connectivity index (χ0v) is 25.0. The van der Waals surface area contributed by atoms with E-state index in [1.807, 2.05) is 0 Å². The summed E-state index contributed by atoms with van der Waals surface area (Å²) >= 11 is 0. The summed E-state index contributed by atoms with van der Waals surface area (Å²) in [5.41, 5.74) is 19.1. The van der Waals surface area contributed by atoms with E-state index in [0.29, 0.717) is 11.8 Å². The van der Waals surface area contributed by atoms with Gasteiger partial charge in [-0.3, -0.25) is 0 Å². The van der Waals surface area contributed by atoms with Crippen molar-refractivity contribution in [2.24, 2.45) is 11.8 Å². The molecule has 38 heavy (non-hydrogen) atoms. The monoisotopic (exact) mass is 502 g/mol. The smallest absolute Gasteiger partial charge is 0.00172 e. The molecule has 0 nitrogen and oxygen atoms in total. The lowest BCUT2D eigenvalue weighted by Gasteiger charge is -2.28. The molecule has 4 aliphatic rings. The molecule has 2 unspecified atom stereocenters. The van der Waals surface area contributed by atoms with Crippen molar-refractivity contribution < 1.29 is 0 Å². The van der Waals surface area contributed by atoms with E-state index in [1.54, 1.807) is 44.6 Å². The van der Waals surface area contributed by atoms with Crippen molar-refractivity contribution in [2.75, 3.05) is 0 Å². The molecule has 0 aromatic heterocycles. The van der Waals surface area contributed by atoms with E-state index < -0.39 is 0 Å². The second kappa shape index (κ2) is 8.97. The molecule has 2 atom stereocenters. The van der Waals surface area contributed by atoms with Crippen molar-refractivity contribution in [1.29, 1.82) is 0 Å². The van der Waals surface area contributed by atoms with Gasteiger partial charge in [0.05, 0.1) is 0 Å².